The van der Waals surface area contributed by atoms with Gasteiger partial charge in [0.2, 0.25) is 0 Å². The first kappa shape index (κ1) is 14.7. The second kappa shape index (κ2) is 6.15. The minimum Gasteiger partial charge on any atom is -0.345 e. The monoisotopic (exact) mass is 405 g/mol. The molecule has 0 spiro atoms. The molecule has 100 valence electrons. The van der Waals surface area contributed by atoms with Gasteiger partial charge in [-0.1, -0.05) is 18.2 Å². The van der Waals surface area contributed by atoms with Crippen LogP contribution < -0.4 is 5.32 Å². The number of thiophene rings is 1. The minimum atomic E-state index is -0.381. The molecule has 1 N–H and O–H groups in total. The third-order valence-electron chi connectivity index (χ3n) is 2.59. The van der Waals surface area contributed by atoms with Crippen LogP contribution in [0.2, 0.25) is 0 Å². The molecule has 0 saturated carbocycles. The maximum absolute atomic E-state index is 13.6. The van der Waals surface area contributed by atoms with Gasteiger partial charge in [0.05, 0.1) is 14.7 Å². The maximum Gasteiger partial charge on any atom is 0.261 e. The van der Waals surface area contributed by atoms with Crippen molar-refractivity contribution in [1.29, 1.82) is 0 Å². The molecule has 2 aromatic rings. The van der Waals surface area contributed by atoms with E-state index in [1.165, 1.54) is 17.4 Å². The summed E-state index contributed by atoms with van der Waals surface area (Å²) in [4.78, 5) is 12.6. The SMILES string of the molecule is CC(NC(=O)c1cc(Br)c(Br)s1)c1ccccc1F. The van der Waals surface area contributed by atoms with Crippen LogP contribution in [-0.4, -0.2) is 5.91 Å². The Morgan fingerprint density at radius 1 is 1.37 bits per heavy atom. The van der Waals surface area contributed by atoms with E-state index in [1.807, 2.05) is 0 Å². The first-order valence-electron chi connectivity index (χ1n) is 5.49. The van der Waals surface area contributed by atoms with Gasteiger partial charge in [-0.2, -0.15) is 0 Å². The molecule has 6 heteroatoms. The van der Waals surface area contributed by atoms with Crippen molar-refractivity contribution in [2.75, 3.05) is 0 Å². The summed E-state index contributed by atoms with van der Waals surface area (Å²) in [6, 6.07) is 7.78. The average Bonchev–Trinajstić information content (AvgIpc) is 2.70. The third-order valence-corrected chi connectivity index (χ3v) is 5.84. The van der Waals surface area contributed by atoms with Crippen molar-refractivity contribution in [3.8, 4) is 0 Å². The fraction of sp³-hybridized carbons (Fsp3) is 0.154. The van der Waals surface area contributed by atoms with Crippen LogP contribution in [0.1, 0.15) is 28.2 Å². The van der Waals surface area contributed by atoms with E-state index in [1.54, 1.807) is 31.2 Å². The van der Waals surface area contributed by atoms with Crippen molar-refractivity contribution in [2.24, 2.45) is 0 Å². The molecule has 2 rings (SSSR count). The molecule has 0 aliphatic heterocycles. The summed E-state index contributed by atoms with van der Waals surface area (Å²) in [6.45, 7) is 1.76. The Hall–Kier alpha value is -0.720. The predicted molar refractivity (Wildman–Crippen MR) is 82.0 cm³/mol. The number of amides is 1. The highest BCUT2D eigenvalue weighted by Crippen LogP contribution is 2.32. The zero-order valence-electron chi connectivity index (χ0n) is 9.91. The molecule has 1 aromatic carbocycles. The van der Waals surface area contributed by atoms with E-state index in [0.29, 0.717) is 10.4 Å². The average molecular weight is 407 g/mol. The molecule has 0 fully saturated rings. The standard InChI is InChI=1S/C13H10Br2FNOS/c1-7(8-4-2-3-5-10(8)16)17-13(18)11-6-9(14)12(15)19-11/h2-7H,1H3,(H,17,18). The Labute approximate surface area is 131 Å². The Morgan fingerprint density at radius 2 is 2.05 bits per heavy atom. The largest absolute Gasteiger partial charge is 0.345 e. The molecule has 1 amide bonds. The normalized spacial score (nSPS) is 12.2. The van der Waals surface area contributed by atoms with Gasteiger partial charge < -0.3 is 5.32 Å². The lowest BCUT2D eigenvalue weighted by molar-refractivity contribution is 0.0943. The summed E-state index contributed by atoms with van der Waals surface area (Å²) in [5.74, 6) is -0.531. The van der Waals surface area contributed by atoms with Gasteiger partial charge in [-0.3, -0.25) is 4.79 Å². The lowest BCUT2D eigenvalue weighted by Gasteiger charge is -2.14. The van der Waals surface area contributed by atoms with E-state index >= 15 is 0 Å². The van der Waals surface area contributed by atoms with Crippen molar-refractivity contribution in [2.45, 2.75) is 13.0 Å². The van der Waals surface area contributed by atoms with Crippen LogP contribution in [-0.2, 0) is 0 Å². The zero-order chi connectivity index (χ0) is 14.0. The molecule has 0 bridgehead atoms. The summed E-state index contributed by atoms with van der Waals surface area (Å²) >= 11 is 8.00. The summed E-state index contributed by atoms with van der Waals surface area (Å²) in [6.07, 6.45) is 0. The topological polar surface area (TPSA) is 29.1 Å². The van der Waals surface area contributed by atoms with Crippen molar-refractivity contribution in [3.63, 3.8) is 0 Å². The summed E-state index contributed by atoms with van der Waals surface area (Å²) in [7, 11) is 0. The highest BCUT2D eigenvalue weighted by molar-refractivity contribution is 9.13. The van der Waals surface area contributed by atoms with Crippen LogP contribution in [0.3, 0.4) is 0 Å². The molecule has 0 aliphatic rings. The van der Waals surface area contributed by atoms with Gasteiger partial charge in [0.1, 0.15) is 5.82 Å². The summed E-state index contributed by atoms with van der Waals surface area (Å²) < 4.78 is 15.3. The molecule has 1 aromatic heterocycles. The molecule has 1 atom stereocenters. The van der Waals surface area contributed by atoms with Crippen molar-refractivity contribution < 1.29 is 9.18 Å². The zero-order valence-corrected chi connectivity index (χ0v) is 13.9. The number of carbonyl (C=O) groups excluding carboxylic acids is 1. The molecule has 1 heterocycles. The van der Waals surface area contributed by atoms with E-state index in [0.717, 1.165) is 8.26 Å². The van der Waals surface area contributed by atoms with Gasteiger partial charge in [-0.15, -0.1) is 11.3 Å². The second-order valence-electron chi connectivity index (χ2n) is 3.95. The Kier molecular flexibility index (Phi) is 4.76. The Balaban J connectivity index is 2.13. The fourth-order valence-corrected chi connectivity index (χ4v) is 3.57. The fourth-order valence-electron chi connectivity index (χ4n) is 1.63. The quantitative estimate of drug-likeness (QED) is 0.771. The molecule has 0 aliphatic carbocycles. The van der Waals surface area contributed by atoms with Crippen LogP contribution in [0.5, 0.6) is 0 Å². The Bertz CT molecular complexity index is 595. The van der Waals surface area contributed by atoms with Gasteiger partial charge in [-0.05, 0) is 50.9 Å². The molecule has 0 saturated heterocycles. The van der Waals surface area contributed by atoms with Gasteiger partial charge in [0.25, 0.3) is 5.91 Å². The molecule has 2 nitrogen and oxygen atoms in total. The van der Waals surface area contributed by atoms with Crippen molar-refractivity contribution in [3.05, 3.63) is 54.8 Å². The first-order chi connectivity index (χ1) is 8.99. The van der Waals surface area contributed by atoms with E-state index in [-0.39, 0.29) is 17.8 Å². The molecule has 0 radical (unpaired) electrons. The predicted octanol–water partition coefficient (Wildman–Crippen LogP) is 4.90. The van der Waals surface area contributed by atoms with Crippen LogP contribution in [0.4, 0.5) is 4.39 Å². The van der Waals surface area contributed by atoms with Crippen molar-refractivity contribution in [1.82, 2.24) is 5.32 Å². The van der Waals surface area contributed by atoms with Crippen LogP contribution in [0.25, 0.3) is 0 Å². The number of nitrogens with one attached hydrogen (secondary N) is 1. The highest BCUT2D eigenvalue weighted by atomic mass is 79.9. The van der Waals surface area contributed by atoms with Gasteiger partial charge in [-0.25, -0.2) is 4.39 Å². The second-order valence-corrected chi connectivity index (χ2v) is 7.17. The van der Waals surface area contributed by atoms with E-state index in [9.17, 15) is 9.18 Å². The van der Waals surface area contributed by atoms with E-state index in [4.69, 9.17) is 0 Å². The first-order valence-corrected chi connectivity index (χ1v) is 7.89. The minimum absolute atomic E-state index is 0.216. The number of rotatable bonds is 3. The van der Waals surface area contributed by atoms with Gasteiger partial charge in [0, 0.05) is 10.0 Å². The van der Waals surface area contributed by atoms with Crippen LogP contribution in [0.15, 0.2) is 38.6 Å². The number of hydrogen-bond acceptors (Lipinski definition) is 2. The Morgan fingerprint density at radius 3 is 2.63 bits per heavy atom. The highest BCUT2D eigenvalue weighted by Gasteiger charge is 2.16. The maximum atomic E-state index is 13.6. The van der Waals surface area contributed by atoms with Crippen molar-refractivity contribution >= 4 is 49.1 Å². The summed E-state index contributed by atoms with van der Waals surface area (Å²) in [5.41, 5.74) is 0.477. The number of carbonyl (C=O) groups is 1. The van der Waals surface area contributed by atoms with E-state index in [2.05, 4.69) is 37.2 Å². The molecule has 19 heavy (non-hydrogen) atoms. The smallest absolute Gasteiger partial charge is 0.261 e. The molecule has 1 unspecified atom stereocenters. The number of hydrogen-bond donors (Lipinski definition) is 1. The molecular weight excluding hydrogens is 397 g/mol. The van der Waals surface area contributed by atoms with Crippen LogP contribution in [0, 0.1) is 5.82 Å². The lowest BCUT2D eigenvalue weighted by Crippen LogP contribution is -2.26. The van der Waals surface area contributed by atoms with Gasteiger partial charge >= 0.3 is 0 Å². The lowest BCUT2D eigenvalue weighted by atomic mass is 10.1. The number of halogens is 3. The van der Waals surface area contributed by atoms with Crippen LogP contribution >= 0.6 is 43.2 Å². The van der Waals surface area contributed by atoms with E-state index < -0.39 is 0 Å². The van der Waals surface area contributed by atoms with Gasteiger partial charge in [0.15, 0.2) is 0 Å². The molecular formula is C13H10Br2FNOS. The number of benzene rings is 1. The third kappa shape index (κ3) is 3.43. The summed E-state index contributed by atoms with van der Waals surface area (Å²) in [5, 5.41) is 2.78.